The number of benzene rings is 1. The summed E-state index contributed by atoms with van der Waals surface area (Å²) in [7, 11) is 0. The van der Waals surface area contributed by atoms with E-state index in [-0.39, 0.29) is 16.8 Å². The molecule has 1 aromatic rings. The van der Waals surface area contributed by atoms with Crippen LogP contribution in [0.25, 0.3) is 0 Å². The second-order valence-corrected chi connectivity index (χ2v) is 5.45. The van der Waals surface area contributed by atoms with Crippen molar-refractivity contribution in [2.45, 2.75) is 12.5 Å². The standard InChI is InChI=1S/C13H17Cl2FN2O/c14-9-7-10(13(19)11(15)8-9)12(1-2-16)18-5-3-17-4-6-18/h7-8,12,17,19H,1-6H2/t12-/m1/s1. The summed E-state index contributed by atoms with van der Waals surface area (Å²) in [6.45, 7) is 2.90. The van der Waals surface area contributed by atoms with Crippen molar-refractivity contribution in [3.8, 4) is 5.75 Å². The summed E-state index contributed by atoms with van der Waals surface area (Å²) in [4.78, 5) is 2.15. The molecule has 3 nitrogen and oxygen atoms in total. The number of aromatic hydroxyl groups is 1. The molecule has 0 aromatic heterocycles. The molecule has 1 saturated heterocycles. The van der Waals surface area contributed by atoms with Crippen LogP contribution in [-0.2, 0) is 0 Å². The minimum atomic E-state index is -0.446. The largest absolute Gasteiger partial charge is 0.506 e. The summed E-state index contributed by atoms with van der Waals surface area (Å²) in [6, 6.07) is 2.97. The third-order valence-electron chi connectivity index (χ3n) is 3.39. The SMILES string of the molecule is Oc1c(Cl)cc(Cl)cc1[C@@H](CCF)N1CCNCC1. The molecule has 0 unspecified atom stereocenters. The second kappa shape index (κ2) is 6.75. The molecular formula is C13H17Cl2FN2O. The van der Waals surface area contributed by atoms with Gasteiger partial charge in [-0.1, -0.05) is 23.2 Å². The molecule has 0 aliphatic carbocycles. The maximum Gasteiger partial charge on any atom is 0.139 e. The zero-order valence-electron chi connectivity index (χ0n) is 10.5. The van der Waals surface area contributed by atoms with Gasteiger partial charge >= 0.3 is 0 Å². The van der Waals surface area contributed by atoms with Gasteiger partial charge in [0.15, 0.2) is 0 Å². The van der Waals surface area contributed by atoms with Gasteiger partial charge in [-0.15, -0.1) is 0 Å². The van der Waals surface area contributed by atoms with Gasteiger partial charge in [0, 0.05) is 42.8 Å². The van der Waals surface area contributed by atoms with E-state index < -0.39 is 6.67 Å². The van der Waals surface area contributed by atoms with E-state index in [1.807, 2.05) is 0 Å². The predicted molar refractivity (Wildman–Crippen MR) is 75.9 cm³/mol. The fourth-order valence-electron chi connectivity index (χ4n) is 2.47. The third kappa shape index (κ3) is 3.51. The molecule has 106 valence electrons. The zero-order chi connectivity index (χ0) is 13.8. The Kier molecular flexibility index (Phi) is 5.28. The molecule has 1 fully saturated rings. The number of rotatable bonds is 4. The smallest absolute Gasteiger partial charge is 0.139 e. The van der Waals surface area contributed by atoms with Crippen LogP contribution >= 0.6 is 23.2 Å². The summed E-state index contributed by atoms with van der Waals surface area (Å²) < 4.78 is 12.8. The van der Waals surface area contributed by atoms with Crippen LogP contribution in [0.15, 0.2) is 12.1 Å². The van der Waals surface area contributed by atoms with E-state index in [4.69, 9.17) is 23.2 Å². The highest BCUT2D eigenvalue weighted by Gasteiger charge is 2.25. The van der Waals surface area contributed by atoms with Crippen molar-refractivity contribution < 1.29 is 9.50 Å². The summed E-state index contributed by atoms with van der Waals surface area (Å²) >= 11 is 11.9. The van der Waals surface area contributed by atoms with Crippen molar-refractivity contribution in [3.63, 3.8) is 0 Å². The number of phenolic OH excluding ortho intramolecular Hbond substituents is 1. The van der Waals surface area contributed by atoms with E-state index in [9.17, 15) is 9.50 Å². The molecule has 0 saturated carbocycles. The number of nitrogens with zero attached hydrogens (tertiary/aromatic N) is 1. The van der Waals surface area contributed by atoms with Crippen LogP contribution < -0.4 is 5.32 Å². The maximum atomic E-state index is 12.8. The number of hydrogen-bond donors (Lipinski definition) is 2. The number of piperazine rings is 1. The van der Waals surface area contributed by atoms with Crippen molar-refractivity contribution in [1.82, 2.24) is 10.2 Å². The highest BCUT2D eigenvalue weighted by molar-refractivity contribution is 6.35. The van der Waals surface area contributed by atoms with Crippen molar-refractivity contribution in [2.24, 2.45) is 0 Å². The lowest BCUT2D eigenvalue weighted by atomic mass is 10.0. The molecule has 0 bridgehead atoms. The fourth-order valence-corrected chi connectivity index (χ4v) is 2.98. The van der Waals surface area contributed by atoms with Gasteiger partial charge in [0.2, 0.25) is 0 Å². The van der Waals surface area contributed by atoms with Gasteiger partial charge in [0.1, 0.15) is 5.75 Å². The van der Waals surface area contributed by atoms with Gasteiger partial charge in [-0.05, 0) is 18.6 Å². The van der Waals surface area contributed by atoms with E-state index in [1.54, 1.807) is 6.07 Å². The lowest BCUT2D eigenvalue weighted by Gasteiger charge is -2.35. The van der Waals surface area contributed by atoms with E-state index >= 15 is 0 Å². The lowest BCUT2D eigenvalue weighted by Crippen LogP contribution is -2.45. The molecule has 1 aromatic carbocycles. The Balaban J connectivity index is 2.32. The van der Waals surface area contributed by atoms with Crippen molar-refractivity contribution >= 4 is 23.2 Å². The topological polar surface area (TPSA) is 35.5 Å². The van der Waals surface area contributed by atoms with Crippen LogP contribution in [0.2, 0.25) is 10.0 Å². The van der Waals surface area contributed by atoms with Gasteiger partial charge in [-0.3, -0.25) is 9.29 Å². The highest BCUT2D eigenvalue weighted by atomic mass is 35.5. The molecule has 0 amide bonds. The van der Waals surface area contributed by atoms with Crippen LogP contribution in [0.3, 0.4) is 0 Å². The molecule has 1 aliphatic heterocycles. The number of phenols is 1. The van der Waals surface area contributed by atoms with Crippen molar-refractivity contribution in [1.29, 1.82) is 0 Å². The highest BCUT2D eigenvalue weighted by Crippen LogP contribution is 2.38. The first kappa shape index (κ1) is 14.9. The van der Waals surface area contributed by atoms with Crippen LogP contribution in [0.5, 0.6) is 5.75 Å². The van der Waals surface area contributed by atoms with Crippen molar-refractivity contribution in [2.75, 3.05) is 32.9 Å². The monoisotopic (exact) mass is 306 g/mol. The second-order valence-electron chi connectivity index (χ2n) is 4.60. The molecular weight excluding hydrogens is 290 g/mol. The predicted octanol–water partition coefficient (Wildman–Crippen LogP) is 3.00. The molecule has 2 rings (SSSR count). The number of hydrogen-bond acceptors (Lipinski definition) is 3. The molecule has 1 heterocycles. The minimum Gasteiger partial charge on any atom is -0.506 e. The average molecular weight is 307 g/mol. The van der Waals surface area contributed by atoms with E-state index in [1.165, 1.54) is 6.07 Å². The summed E-state index contributed by atoms with van der Waals surface area (Å²) in [5, 5.41) is 14.0. The van der Waals surface area contributed by atoms with Crippen LogP contribution in [0.4, 0.5) is 4.39 Å². The number of alkyl halides is 1. The Hall–Kier alpha value is -0.550. The molecule has 0 spiro atoms. The number of nitrogens with one attached hydrogen (secondary N) is 1. The van der Waals surface area contributed by atoms with E-state index in [0.717, 1.165) is 26.2 Å². The average Bonchev–Trinajstić information content (AvgIpc) is 2.41. The first-order valence-corrected chi connectivity index (χ1v) is 7.07. The summed E-state index contributed by atoms with van der Waals surface area (Å²) in [5.41, 5.74) is 0.608. The molecule has 1 atom stereocenters. The first-order chi connectivity index (χ1) is 9.13. The fraction of sp³-hybridized carbons (Fsp3) is 0.538. The Morgan fingerprint density at radius 1 is 1.32 bits per heavy atom. The lowest BCUT2D eigenvalue weighted by molar-refractivity contribution is 0.155. The summed E-state index contributed by atoms with van der Waals surface area (Å²) in [6.07, 6.45) is 0.324. The van der Waals surface area contributed by atoms with Crippen molar-refractivity contribution in [3.05, 3.63) is 27.7 Å². The maximum absolute atomic E-state index is 12.8. The van der Waals surface area contributed by atoms with Gasteiger partial charge in [-0.2, -0.15) is 0 Å². The first-order valence-electron chi connectivity index (χ1n) is 6.32. The van der Waals surface area contributed by atoms with Gasteiger partial charge in [-0.25, -0.2) is 0 Å². The zero-order valence-corrected chi connectivity index (χ0v) is 12.0. The van der Waals surface area contributed by atoms with E-state index in [2.05, 4.69) is 10.2 Å². The third-order valence-corrected chi connectivity index (χ3v) is 3.90. The Morgan fingerprint density at radius 3 is 2.63 bits per heavy atom. The van der Waals surface area contributed by atoms with Gasteiger partial charge in [0.05, 0.1) is 11.7 Å². The number of halogens is 3. The quantitative estimate of drug-likeness (QED) is 0.897. The molecule has 2 N–H and O–H groups in total. The summed E-state index contributed by atoms with van der Waals surface area (Å²) in [5.74, 6) is 0.00282. The molecule has 1 aliphatic rings. The van der Waals surface area contributed by atoms with Gasteiger partial charge < -0.3 is 10.4 Å². The van der Waals surface area contributed by atoms with Crippen LogP contribution in [-0.4, -0.2) is 42.9 Å². The van der Waals surface area contributed by atoms with Gasteiger partial charge in [0.25, 0.3) is 0 Å². The Morgan fingerprint density at radius 2 is 2.00 bits per heavy atom. The Labute approximate surface area is 122 Å². The Bertz CT molecular complexity index is 439. The minimum absolute atomic E-state index is 0.00282. The normalized spacial score (nSPS) is 18.5. The molecule has 6 heteroatoms. The molecule has 19 heavy (non-hydrogen) atoms. The van der Waals surface area contributed by atoms with E-state index in [0.29, 0.717) is 17.0 Å². The van der Waals surface area contributed by atoms with Crippen LogP contribution in [0.1, 0.15) is 18.0 Å². The molecule has 0 radical (unpaired) electrons. The van der Waals surface area contributed by atoms with Crippen LogP contribution in [0, 0.1) is 0 Å².